The summed E-state index contributed by atoms with van der Waals surface area (Å²) >= 11 is 3.45. The number of aliphatic hydroxyl groups excluding tert-OH is 1. The number of amides is 1. The third-order valence-electron chi connectivity index (χ3n) is 2.93. The van der Waals surface area contributed by atoms with Crippen molar-refractivity contribution in [1.82, 2.24) is 5.32 Å². The molecule has 19 heavy (non-hydrogen) atoms. The fourth-order valence-corrected chi connectivity index (χ4v) is 3.85. The smallest absolute Gasteiger partial charge is 0.224 e. The van der Waals surface area contributed by atoms with Crippen LogP contribution in [-0.2, 0) is 11.3 Å². The zero-order valence-corrected chi connectivity index (χ0v) is 12.3. The second kappa shape index (κ2) is 7.59. The molecule has 0 radical (unpaired) electrons. The Bertz CT molecular complexity index is 481. The number of nitrogens with one attached hydrogen (secondary N) is 1. The van der Waals surface area contributed by atoms with Crippen molar-refractivity contribution in [1.29, 1.82) is 0 Å². The van der Waals surface area contributed by atoms with Crippen molar-refractivity contribution in [3.05, 3.63) is 21.9 Å². The van der Waals surface area contributed by atoms with Gasteiger partial charge < -0.3 is 10.4 Å². The predicted molar refractivity (Wildman–Crippen MR) is 80.2 cm³/mol. The maximum absolute atomic E-state index is 11.9. The zero-order valence-electron chi connectivity index (χ0n) is 10.6. The van der Waals surface area contributed by atoms with Crippen LogP contribution in [0.3, 0.4) is 0 Å². The van der Waals surface area contributed by atoms with E-state index in [1.165, 1.54) is 0 Å². The summed E-state index contributed by atoms with van der Waals surface area (Å²) in [6.45, 7) is 0.642. The van der Waals surface area contributed by atoms with Crippen LogP contribution in [-0.4, -0.2) is 29.1 Å². The lowest BCUT2D eigenvalue weighted by Crippen LogP contribution is -2.30. The molecule has 1 aromatic rings. The molecule has 3 nitrogen and oxygen atoms in total. The molecule has 1 aliphatic rings. The highest BCUT2D eigenvalue weighted by Crippen LogP contribution is 2.23. The minimum absolute atomic E-state index is 0.0859. The number of rotatable bonds is 4. The standard InChI is InChI=1S/C14H17NO2S2/c16-6-2-1-3-11-5-8-19-13(11)9-15-14(17)12-4-7-18-10-12/h5,8,12,16H,2,4,6-7,9-10H2,(H,15,17). The van der Waals surface area contributed by atoms with E-state index in [1.807, 2.05) is 23.2 Å². The van der Waals surface area contributed by atoms with Crippen molar-refractivity contribution in [2.75, 3.05) is 18.1 Å². The average Bonchev–Trinajstić information content (AvgIpc) is 3.08. The van der Waals surface area contributed by atoms with E-state index in [4.69, 9.17) is 5.11 Å². The summed E-state index contributed by atoms with van der Waals surface area (Å²) in [6.07, 6.45) is 1.48. The van der Waals surface area contributed by atoms with Crippen LogP contribution in [0.5, 0.6) is 0 Å². The summed E-state index contributed by atoms with van der Waals surface area (Å²) in [6, 6.07) is 1.96. The molecule has 1 aliphatic heterocycles. The van der Waals surface area contributed by atoms with Gasteiger partial charge in [0, 0.05) is 28.5 Å². The van der Waals surface area contributed by atoms with Gasteiger partial charge in [0.05, 0.1) is 13.2 Å². The summed E-state index contributed by atoms with van der Waals surface area (Å²) in [7, 11) is 0. The van der Waals surface area contributed by atoms with Crippen LogP contribution in [0.15, 0.2) is 11.4 Å². The van der Waals surface area contributed by atoms with E-state index in [1.54, 1.807) is 11.3 Å². The third kappa shape index (κ3) is 4.27. The summed E-state index contributed by atoms with van der Waals surface area (Å²) in [5, 5.41) is 13.7. The van der Waals surface area contributed by atoms with Gasteiger partial charge >= 0.3 is 0 Å². The lowest BCUT2D eigenvalue weighted by Gasteiger charge is -2.09. The Morgan fingerprint density at radius 1 is 1.58 bits per heavy atom. The lowest BCUT2D eigenvalue weighted by atomic mass is 10.1. The number of aliphatic hydroxyl groups is 1. The first-order valence-corrected chi connectivity index (χ1v) is 8.36. The van der Waals surface area contributed by atoms with Crippen LogP contribution in [0.4, 0.5) is 0 Å². The van der Waals surface area contributed by atoms with Gasteiger partial charge in [-0.3, -0.25) is 4.79 Å². The van der Waals surface area contributed by atoms with Crippen LogP contribution in [0.1, 0.15) is 23.3 Å². The first-order valence-electron chi connectivity index (χ1n) is 6.33. The number of hydrogen-bond acceptors (Lipinski definition) is 4. The van der Waals surface area contributed by atoms with Gasteiger partial charge in [-0.1, -0.05) is 11.8 Å². The van der Waals surface area contributed by atoms with Gasteiger partial charge in [0.25, 0.3) is 0 Å². The molecule has 1 fully saturated rings. The highest BCUT2D eigenvalue weighted by molar-refractivity contribution is 7.99. The first-order chi connectivity index (χ1) is 9.31. The fraction of sp³-hybridized carbons (Fsp3) is 0.500. The molecule has 1 saturated heterocycles. The Hall–Kier alpha value is -0.960. The first kappa shape index (κ1) is 14.4. The van der Waals surface area contributed by atoms with E-state index >= 15 is 0 Å². The Morgan fingerprint density at radius 3 is 3.21 bits per heavy atom. The Kier molecular flexibility index (Phi) is 5.77. The molecule has 0 saturated carbocycles. The van der Waals surface area contributed by atoms with Gasteiger partial charge in [0.15, 0.2) is 0 Å². The Balaban J connectivity index is 1.87. The van der Waals surface area contributed by atoms with Gasteiger partial charge in [-0.15, -0.1) is 11.3 Å². The SMILES string of the molecule is O=C(NCc1sccc1C#CCCO)C1CCSC1. The minimum atomic E-state index is 0.0859. The van der Waals surface area contributed by atoms with Crippen molar-refractivity contribution in [2.24, 2.45) is 5.92 Å². The fourth-order valence-electron chi connectivity index (χ4n) is 1.86. The van der Waals surface area contributed by atoms with E-state index in [0.29, 0.717) is 13.0 Å². The maximum atomic E-state index is 11.9. The molecule has 1 atom stereocenters. The van der Waals surface area contributed by atoms with E-state index in [-0.39, 0.29) is 18.4 Å². The maximum Gasteiger partial charge on any atom is 0.224 e. The van der Waals surface area contributed by atoms with Crippen LogP contribution in [0.2, 0.25) is 0 Å². The average molecular weight is 295 g/mol. The highest BCUT2D eigenvalue weighted by atomic mass is 32.2. The molecular weight excluding hydrogens is 278 g/mol. The van der Waals surface area contributed by atoms with E-state index in [0.717, 1.165) is 28.4 Å². The Labute approximate surface area is 121 Å². The molecule has 5 heteroatoms. The van der Waals surface area contributed by atoms with E-state index in [9.17, 15) is 4.79 Å². The number of thiophene rings is 1. The van der Waals surface area contributed by atoms with Crippen LogP contribution in [0, 0.1) is 17.8 Å². The van der Waals surface area contributed by atoms with Gasteiger partial charge in [-0.2, -0.15) is 11.8 Å². The van der Waals surface area contributed by atoms with Crippen molar-refractivity contribution in [3.8, 4) is 11.8 Å². The van der Waals surface area contributed by atoms with E-state index in [2.05, 4.69) is 17.2 Å². The molecular formula is C14H17NO2S2. The molecule has 1 amide bonds. The monoisotopic (exact) mass is 295 g/mol. The molecule has 2 N–H and O–H groups in total. The molecule has 1 aromatic heterocycles. The van der Waals surface area contributed by atoms with Crippen LogP contribution >= 0.6 is 23.1 Å². The van der Waals surface area contributed by atoms with Crippen molar-refractivity contribution in [2.45, 2.75) is 19.4 Å². The number of hydrogen-bond donors (Lipinski definition) is 2. The molecule has 0 spiro atoms. The highest BCUT2D eigenvalue weighted by Gasteiger charge is 2.22. The van der Waals surface area contributed by atoms with Gasteiger partial charge in [-0.05, 0) is 23.6 Å². The molecule has 2 heterocycles. The molecule has 1 unspecified atom stereocenters. The van der Waals surface area contributed by atoms with Crippen LogP contribution in [0.25, 0.3) is 0 Å². The summed E-state index contributed by atoms with van der Waals surface area (Å²) < 4.78 is 0. The van der Waals surface area contributed by atoms with Gasteiger partial charge in [0.2, 0.25) is 5.91 Å². The minimum Gasteiger partial charge on any atom is -0.395 e. The summed E-state index contributed by atoms with van der Waals surface area (Å²) in [5.41, 5.74) is 0.958. The molecule has 0 bridgehead atoms. The molecule has 2 rings (SSSR count). The largest absolute Gasteiger partial charge is 0.395 e. The number of thioether (sulfide) groups is 1. The van der Waals surface area contributed by atoms with Crippen LogP contribution < -0.4 is 5.32 Å². The van der Waals surface area contributed by atoms with Gasteiger partial charge in [0.1, 0.15) is 0 Å². The third-order valence-corrected chi connectivity index (χ3v) is 5.01. The number of carbonyl (C=O) groups excluding carboxylic acids is 1. The summed E-state index contributed by atoms with van der Waals surface area (Å²) in [5.74, 6) is 8.31. The van der Waals surface area contributed by atoms with Crippen molar-refractivity contribution < 1.29 is 9.90 Å². The predicted octanol–water partition coefficient (Wildman–Crippen LogP) is 1.85. The topological polar surface area (TPSA) is 49.3 Å². The second-order valence-electron chi connectivity index (χ2n) is 4.31. The van der Waals surface area contributed by atoms with Gasteiger partial charge in [-0.25, -0.2) is 0 Å². The molecule has 0 aromatic carbocycles. The molecule has 102 valence electrons. The van der Waals surface area contributed by atoms with Crippen molar-refractivity contribution in [3.63, 3.8) is 0 Å². The quantitative estimate of drug-likeness (QED) is 0.834. The zero-order chi connectivity index (χ0) is 13.5. The summed E-state index contributed by atoms with van der Waals surface area (Å²) in [4.78, 5) is 13.0. The Morgan fingerprint density at radius 2 is 2.47 bits per heavy atom. The number of carbonyl (C=O) groups is 1. The lowest BCUT2D eigenvalue weighted by molar-refractivity contribution is -0.124. The molecule has 0 aliphatic carbocycles. The van der Waals surface area contributed by atoms with E-state index < -0.39 is 0 Å². The second-order valence-corrected chi connectivity index (χ2v) is 6.46. The van der Waals surface area contributed by atoms with Crippen molar-refractivity contribution >= 4 is 29.0 Å². The normalized spacial score (nSPS) is 17.8.